The smallest absolute Gasteiger partial charge is 0.254 e. The van der Waals surface area contributed by atoms with Gasteiger partial charge in [-0.15, -0.1) is 0 Å². The second-order valence-electron chi connectivity index (χ2n) is 9.06. The summed E-state index contributed by atoms with van der Waals surface area (Å²) in [4.78, 5) is 23.1. The molecule has 1 amide bonds. The first-order valence-electron chi connectivity index (χ1n) is 10.7. The normalized spacial score (nSPS) is 32.3. The number of hydrogen-bond donors (Lipinski definition) is 1. The number of carbonyl (C=O) groups is 1. The summed E-state index contributed by atoms with van der Waals surface area (Å²) in [6.45, 7) is 8.24. The Kier molecular flexibility index (Phi) is 3.98. The quantitative estimate of drug-likeness (QED) is 0.716. The Morgan fingerprint density at radius 1 is 1.10 bits per heavy atom. The van der Waals surface area contributed by atoms with E-state index in [0.29, 0.717) is 11.5 Å². The molecule has 7 nitrogen and oxygen atoms in total. The van der Waals surface area contributed by atoms with Crippen molar-refractivity contribution in [3.8, 4) is 0 Å². The topological polar surface area (TPSA) is 65.8 Å². The first-order valence-corrected chi connectivity index (χ1v) is 10.7. The van der Waals surface area contributed by atoms with Crippen molar-refractivity contribution in [2.24, 2.45) is 5.92 Å². The van der Waals surface area contributed by atoms with Gasteiger partial charge in [0.1, 0.15) is 0 Å². The van der Waals surface area contributed by atoms with E-state index in [1.165, 1.54) is 5.56 Å². The van der Waals surface area contributed by atoms with Crippen LogP contribution in [0, 0.1) is 12.8 Å². The summed E-state index contributed by atoms with van der Waals surface area (Å²) in [7, 11) is 0. The van der Waals surface area contributed by atoms with Crippen molar-refractivity contribution in [1.29, 1.82) is 0 Å². The van der Waals surface area contributed by atoms with Gasteiger partial charge in [-0.25, -0.2) is 9.50 Å². The number of benzene rings is 1. The van der Waals surface area contributed by atoms with E-state index < -0.39 is 0 Å². The van der Waals surface area contributed by atoms with Crippen LogP contribution < -0.4 is 5.32 Å². The molecule has 154 valence electrons. The van der Waals surface area contributed by atoms with Crippen LogP contribution in [0.2, 0.25) is 0 Å². The number of carbonyl (C=O) groups excluding carboxylic acids is 1. The Hall–Kier alpha value is -2.77. The molecule has 0 spiro atoms. The van der Waals surface area contributed by atoms with Crippen molar-refractivity contribution < 1.29 is 4.79 Å². The number of aromatic nitrogens is 3. The molecule has 6 heterocycles. The highest BCUT2D eigenvalue weighted by Gasteiger charge is 2.55. The molecule has 4 saturated heterocycles. The van der Waals surface area contributed by atoms with Crippen molar-refractivity contribution in [2.75, 3.05) is 39.3 Å². The second-order valence-corrected chi connectivity index (χ2v) is 9.06. The number of rotatable bonds is 3. The molecule has 4 bridgehead atoms. The van der Waals surface area contributed by atoms with E-state index in [4.69, 9.17) is 0 Å². The number of amides is 1. The van der Waals surface area contributed by atoms with E-state index in [1.807, 2.05) is 13.0 Å². The molecule has 3 unspecified atom stereocenters. The minimum atomic E-state index is -0.0915. The zero-order chi connectivity index (χ0) is 20.3. The van der Waals surface area contributed by atoms with Crippen molar-refractivity contribution in [3.63, 3.8) is 0 Å². The monoisotopic (exact) mass is 402 g/mol. The Balaban J connectivity index is 1.39. The summed E-state index contributed by atoms with van der Waals surface area (Å²) in [6, 6.07) is 12.7. The van der Waals surface area contributed by atoms with Gasteiger partial charge in [0, 0.05) is 68.9 Å². The summed E-state index contributed by atoms with van der Waals surface area (Å²) in [6.07, 6.45) is 3.40. The number of nitrogens with zero attached hydrogens (tertiary/aromatic N) is 5. The van der Waals surface area contributed by atoms with Crippen LogP contribution in [-0.2, 0) is 5.41 Å². The molecule has 7 rings (SSSR count). The van der Waals surface area contributed by atoms with Gasteiger partial charge in [-0.3, -0.25) is 4.79 Å². The lowest BCUT2D eigenvalue weighted by Gasteiger charge is -2.55. The predicted molar refractivity (Wildman–Crippen MR) is 113 cm³/mol. The van der Waals surface area contributed by atoms with Crippen LogP contribution in [0.4, 0.5) is 0 Å². The van der Waals surface area contributed by atoms with E-state index in [2.05, 4.69) is 55.5 Å². The van der Waals surface area contributed by atoms with E-state index in [-0.39, 0.29) is 17.4 Å². The molecule has 0 radical (unpaired) electrons. The molecule has 7 heteroatoms. The first-order chi connectivity index (χ1) is 14.6. The van der Waals surface area contributed by atoms with E-state index in [1.54, 1.807) is 16.9 Å². The lowest BCUT2D eigenvalue weighted by molar-refractivity contribution is 0.0180. The van der Waals surface area contributed by atoms with Crippen molar-refractivity contribution >= 4 is 11.6 Å². The zero-order valence-electron chi connectivity index (χ0n) is 17.2. The molecule has 3 atom stereocenters. The van der Waals surface area contributed by atoms with E-state index in [9.17, 15) is 4.79 Å². The molecule has 4 aliphatic rings. The van der Waals surface area contributed by atoms with Crippen LogP contribution >= 0.6 is 0 Å². The number of hydrogen-bond acceptors (Lipinski definition) is 5. The molecule has 1 N–H and O–H groups in total. The fourth-order valence-electron chi connectivity index (χ4n) is 6.00. The standard InChI is InChI=1S/C23H26N6O/c1-16-19(11-24-20-7-8-25-29(16)20)22(30)26-21-17-12-27-9-10-28(13-17)15-23(21,14-27)18-5-3-2-4-6-18/h2-8,11,17,21H,9-10,12-15H2,1H3,(H,26,30). The highest BCUT2D eigenvalue weighted by molar-refractivity contribution is 5.95. The van der Waals surface area contributed by atoms with Crippen LogP contribution in [0.5, 0.6) is 0 Å². The highest BCUT2D eigenvalue weighted by Crippen LogP contribution is 2.43. The maximum absolute atomic E-state index is 13.5. The van der Waals surface area contributed by atoms with E-state index in [0.717, 1.165) is 50.6 Å². The van der Waals surface area contributed by atoms with Crippen LogP contribution in [0.15, 0.2) is 48.8 Å². The third-order valence-electron chi connectivity index (χ3n) is 7.33. The molecular formula is C23H26N6O. The first kappa shape index (κ1) is 18.0. The summed E-state index contributed by atoms with van der Waals surface area (Å²) < 4.78 is 1.74. The van der Waals surface area contributed by atoms with Gasteiger partial charge in [0.25, 0.3) is 5.91 Å². The SMILES string of the molecule is Cc1c(C(=O)NC2C3CN4CCN(C3)CC2(c2ccccc2)C4)cnc2ccnn12. The molecule has 0 saturated carbocycles. The van der Waals surface area contributed by atoms with E-state index >= 15 is 0 Å². The molecule has 0 aliphatic carbocycles. The van der Waals surface area contributed by atoms with Gasteiger partial charge >= 0.3 is 0 Å². The average Bonchev–Trinajstić information content (AvgIpc) is 3.10. The molecule has 3 aromatic rings. The summed E-state index contributed by atoms with van der Waals surface area (Å²) in [5.74, 6) is 0.370. The third-order valence-corrected chi connectivity index (χ3v) is 7.33. The summed E-state index contributed by atoms with van der Waals surface area (Å²) in [5, 5.41) is 7.79. The number of nitrogens with one attached hydrogen (secondary N) is 1. The largest absolute Gasteiger partial charge is 0.348 e. The highest BCUT2D eigenvalue weighted by atomic mass is 16.1. The Bertz CT molecular complexity index is 1090. The Morgan fingerprint density at radius 3 is 2.57 bits per heavy atom. The lowest BCUT2D eigenvalue weighted by Crippen LogP contribution is -2.70. The molecule has 30 heavy (non-hydrogen) atoms. The maximum Gasteiger partial charge on any atom is 0.254 e. The fourth-order valence-corrected chi connectivity index (χ4v) is 6.00. The fraction of sp³-hybridized carbons (Fsp3) is 0.435. The van der Waals surface area contributed by atoms with Gasteiger partial charge in [-0.05, 0) is 12.5 Å². The van der Waals surface area contributed by atoms with Gasteiger partial charge in [0.2, 0.25) is 0 Å². The zero-order valence-corrected chi connectivity index (χ0v) is 17.2. The lowest BCUT2D eigenvalue weighted by atomic mass is 9.64. The van der Waals surface area contributed by atoms with Crippen LogP contribution in [0.25, 0.3) is 5.65 Å². The van der Waals surface area contributed by atoms with Crippen LogP contribution in [-0.4, -0.2) is 75.6 Å². The minimum Gasteiger partial charge on any atom is -0.348 e. The van der Waals surface area contributed by atoms with Gasteiger partial charge in [-0.2, -0.15) is 5.10 Å². The summed E-state index contributed by atoms with van der Waals surface area (Å²) in [5.41, 5.74) is 3.42. The van der Waals surface area contributed by atoms with Gasteiger partial charge in [0.15, 0.2) is 5.65 Å². The van der Waals surface area contributed by atoms with Crippen LogP contribution in [0.3, 0.4) is 0 Å². The van der Waals surface area contributed by atoms with Gasteiger partial charge in [-0.1, -0.05) is 30.3 Å². The molecule has 4 aliphatic heterocycles. The van der Waals surface area contributed by atoms with Crippen molar-refractivity contribution in [1.82, 2.24) is 29.7 Å². The Labute approximate surface area is 175 Å². The van der Waals surface area contributed by atoms with Crippen molar-refractivity contribution in [3.05, 3.63) is 65.6 Å². The number of piperidine rings is 2. The number of aryl methyl sites for hydroxylation is 1. The maximum atomic E-state index is 13.5. The predicted octanol–water partition coefficient (Wildman–Crippen LogP) is 1.34. The second kappa shape index (κ2) is 6.62. The summed E-state index contributed by atoms with van der Waals surface area (Å²) >= 11 is 0. The van der Waals surface area contributed by atoms with Gasteiger partial charge in [0.05, 0.1) is 17.5 Å². The van der Waals surface area contributed by atoms with Crippen LogP contribution in [0.1, 0.15) is 21.6 Å². The van der Waals surface area contributed by atoms with Gasteiger partial charge < -0.3 is 15.1 Å². The molecule has 1 aromatic carbocycles. The Morgan fingerprint density at radius 2 is 1.83 bits per heavy atom. The minimum absolute atomic E-state index is 0.0474. The van der Waals surface area contributed by atoms with Crippen molar-refractivity contribution in [2.45, 2.75) is 18.4 Å². The molecule has 2 aromatic heterocycles. The molecule has 4 fully saturated rings. The average molecular weight is 403 g/mol. The number of fused-ring (bicyclic) bond motifs is 2. The third kappa shape index (κ3) is 2.62. The molecular weight excluding hydrogens is 376 g/mol.